The summed E-state index contributed by atoms with van der Waals surface area (Å²) >= 11 is 0. The van der Waals surface area contributed by atoms with Crippen molar-refractivity contribution in [2.24, 2.45) is 0 Å². The fourth-order valence-electron chi connectivity index (χ4n) is 7.43. The molecule has 0 bridgehead atoms. The lowest BCUT2D eigenvalue weighted by Crippen LogP contribution is -2.61. The third kappa shape index (κ3) is 35.6. The molecule has 1 saturated heterocycles. The predicted octanol–water partition coefficient (Wildman–Crippen LogP) is 12.8. The fourth-order valence-corrected chi connectivity index (χ4v) is 7.43. The molecule has 6 atom stereocenters. The van der Waals surface area contributed by atoms with E-state index in [1.807, 2.05) is 0 Å². The van der Waals surface area contributed by atoms with Gasteiger partial charge in [0, 0.05) is 19.3 Å². The van der Waals surface area contributed by atoms with E-state index in [9.17, 15) is 34.5 Å². The molecule has 0 spiro atoms. The lowest BCUT2D eigenvalue weighted by molar-refractivity contribution is -0.301. The minimum absolute atomic E-state index is 0.0515. The van der Waals surface area contributed by atoms with Gasteiger partial charge in [0.05, 0.1) is 6.61 Å². The predicted molar refractivity (Wildman–Crippen MR) is 275 cm³/mol. The van der Waals surface area contributed by atoms with Crippen molar-refractivity contribution in [1.29, 1.82) is 0 Å². The molecule has 3 N–H and O–H groups in total. The zero-order valence-electron chi connectivity index (χ0n) is 42.8. The maximum absolute atomic E-state index is 13.1. The van der Waals surface area contributed by atoms with E-state index in [-0.39, 0.29) is 25.9 Å². The van der Waals surface area contributed by atoms with Gasteiger partial charge < -0.3 is 39.0 Å². The Labute approximate surface area is 416 Å². The van der Waals surface area contributed by atoms with Crippen molar-refractivity contribution in [2.75, 3.05) is 13.2 Å². The topological polar surface area (TPSA) is 175 Å². The highest BCUT2D eigenvalue weighted by molar-refractivity contribution is 5.74. The molecule has 0 aromatic carbocycles. The van der Waals surface area contributed by atoms with Crippen LogP contribution < -0.4 is 0 Å². The van der Waals surface area contributed by atoms with Crippen molar-refractivity contribution >= 4 is 23.9 Å². The number of esters is 3. The Morgan fingerprint density at radius 3 is 1.42 bits per heavy atom. The van der Waals surface area contributed by atoms with E-state index < -0.39 is 67.3 Å². The molecule has 1 aliphatic rings. The number of rotatable bonds is 43. The van der Waals surface area contributed by atoms with Crippen LogP contribution in [-0.4, -0.2) is 89.2 Å². The summed E-state index contributed by atoms with van der Waals surface area (Å²) in [7, 11) is 0. The number of carboxylic acid groups (broad SMARTS) is 1. The van der Waals surface area contributed by atoms with Crippen molar-refractivity contribution in [3.05, 3.63) is 85.1 Å². The summed E-state index contributed by atoms with van der Waals surface area (Å²) in [6, 6.07) is 0. The first-order valence-corrected chi connectivity index (χ1v) is 26.6. The summed E-state index contributed by atoms with van der Waals surface area (Å²) in [4.78, 5) is 50.8. The minimum atomic E-state index is -1.91. The van der Waals surface area contributed by atoms with Gasteiger partial charge in [-0.15, -0.1) is 0 Å². The number of carbonyl (C=O) groups is 4. The summed E-state index contributed by atoms with van der Waals surface area (Å²) in [6.07, 6.45) is 44.4. The SMILES string of the molecule is CC/C=C\C/C=C\C/C=C\C/C=C\CCCCC(=O)OCC(COC1OC(C(=O)O)C(O)C(O)C1OC(=O)CCCCCCCCCCCCC)OC(=O)CCCCC/C=C\C/C=C\C/C=C\CC. The number of unbranched alkanes of at least 4 members (excludes halogenated alkanes) is 15. The molecule has 1 heterocycles. The average Bonchev–Trinajstić information content (AvgIpc) is 3.33. The molecule has 6 unspecified atom stereocenters. The van der Waals surface area contributed by atoms with Gasteiger partial charge in [-0.2, -0.15) is 0 Å². The molecule has 0 aromatic rings. The molecule has 69 heavy (non-hydrogen) atoms. The largest absolute Gasteiger partial charge is 0.479 e. The first kappa shape index (κ1) is 62.9. The first-order chi connectivity index (χ1) is 33.6. The van der Waals surface area contributed by atoms with Gasteiger partial charge in [0.15, 0.2) is 24.6 Å². The van der Waals surface area contributed by atoms with E-state index in [4.69, 9.17) is 23.7 Å². The molecular weight excluding hydrogens is 877 g/mol. The zero-order chi connectivity index (χ0) is 50.4. The molecule has 1 aliphatic heterocycles. The van der Waals surface area contributed by atoms with Gasteiger partial charge in [-0.1, -0.05) is 176 Å². The molecule has 0 amide bonds. The van der Waals surface area contributed by atoms with Crippen molar-refractivity contribution in [1.82, 2.24) is 0 Å². The molecule has 0 aromatic heterocycles. The van der Waals surface area contributed by atoms with E-state index in [0.717, 1.165) is 103 Å². The summed E-state index contributed by atoms with van der Waals surface area (Å²) in [5.74, 6) is -3.23. The molecule has 12 nitrogen and oxygen atoms in total. The lowest BCUT2D eigenvalue weighted by Gasteiger charge is -2.40. The zero-order valence-corrected chi connectivity index (χ0v) is 42.8. The second-order valence-electron chi connectivity index (χ2n) is 17.8. The number of carboxylic acids is 1. The van der Waals surface area contributed by atoms with Crippen LogP contribution in [0.15, 0.2) is 85.1 Å². The van der Waals surface area contributed by atoms with Gasteiger partial charge in [-0.3, -0.25) is 14.4 Å². The number of aliphatic hydroxyl groups excluding tert-OH is 2. The highest BCUT2D eigenvalue weighted by Gasteiger charge is 2.50. The lowest BCUT2D eigenvalue weighted by atomic mass is 9.98. The molecule has 1 fully saturated rings. The van der Waals surface area contributed by atoms with Crippen molar-refractivity contribution in [2.45, 2.75) is 237 Å². The van der Waals surface area contributed by atoms with Crippen molar-refractivity contribution < 1.29 is 58.2 Å². The summed E-state index contributed by atoms with van der Waals surface area (Å²) in [6.45, 7) is 5.66. The van der Waals surface area contributed by atoms with Crippen LogP contribution in [0.5, 0.6) is 0 Å². The smallest absolute Gasteiger partial charge is 0.335 e. The minimum Gasteiger partial charge on any atom is -0.479 e. The number of allylic oxidation sites excluding steroid dienone is 14. The molecule has 1 rings (SSSR count). The van der Waals surface area contributed by atoms with E-state index in [2.05, 4.69) is 106 Å². The Kier molecular flexibility index (Phi) is 41.1. The molecule has 392 valence electrons. The molecule has 0 saturated carbocycles. The Bertz CT molecular complexity index is 1530. The van der Waals surface area contributed by atoms with E-state index in [1.165, 1.54) is 38.5 Å². The summed E-state index contributed by atoms with van der Waals surface area (Å²) in [5.41, 5.74) is 0. The Morgan fingerprint density at radius 1 is 0.493 bits per heavy atom. The Hall–Kier alpha value is -4.10. The molecule has 0 aliphatic carbocycles. The van der Waals surface area contributed by atoms with Crippen LogP contribution in [0.2, 0.25) is 0 Å². The molecule has 12 heteroatoms. The van der Waals surface area contributed by atoms with Crippen LogP contribution >= 0.6 is 0 Å². The first-order valence-electron chi connectivity index (χ1n) is 26.6. The number of ether oxygens (including phenoxy) is 5. The number of hydrogen-bond acceptors (Lipinski definition) is 11. The summed E-state index contributed by atoms with van der Waals surface area (Å²) in [5, 5.41) is 31.3. The van der Waals surface area contributed by atoms with Gasteiger partial charge in [-0.05, 0) is 89.9 Å². The summed E-state index contributed by atoms with van der Waals surface area (Å²) < 4.78 is 28.2. The molecule has 0 radical (unpaired) electrons. The van der Waals surface area contributed by atoms with E-state index in [0.29, 0.717) is 19.3 Å². The van der Waals surface area contributed by atoms with Crippen LogP contribution in [0, 0.1) is 0 Å². The highest BCUT2D eigenvalue weighted by atomic mass is 16.7. The number of carbonyl (C=O) groups excluding carboxylic acids is 3. The van der Waals surface area contributed by atoms with Gasteiger partial charge >= 0.3 is 23.9 Å². The van der Waals surface area contributed by atoms with Crippen LogP contribution in [0.3, 0.4) is 0 Å². The quantitative estimate of drug-likeness (QED) is 0.0229. The van der Waals surface area contributed by atoms with Gasteiger partial charge in [0.2, 0.25) is 0 Å². The third-order valence-electron chi connectivity index (χ3n) is 11.5. The highest BCUT2D eigenvalue weighted by Crippen LogP contribution is 2.26. The maximum atomic E-state index is 13.1. The van der Waals surface area contributed by atoms with Crippen LogP contribution in [0.4, 0.5) is 0 Å². The van der Waals surface area contributed by atoms with Crippen LogP contribution in [0.25, 0.3) is 0 Å². The van der Waals surface area contributed by atoms with Crippen LogP contribution in [-0.2, 0) is 42.9 Å². The maximum Gasteiger partial charge on any atom is 0.335 e. The second kappa shape index (κ2) is 45.1. The third-order valence-corrected chi connectivity index (χ3v) is 11.5. The number of aliphatic carboxylic acids is 1. The number of hydrogen-bond donors (Lipinski definition) is 3. The van der Waals surface area contributed by atoms with Crippen LogP contribution in [0.1, 0.15) is 201 Å². The van der Waals surface area contributed by atoms with Gasteiger partial charge in [0.1, 0.15) is 18.8 Å². The average molecular weight is 969 g/mol. The normalized spacial score (nSPS) is 19.3. The van der Waals surface area contributed by atoms with E-state index >= 15 is 0 Å². The Balaban J connectivity index is 2.78. The van der Waals surface area contributed by atoms with Gasteiger partial charge in [-0.25, -0.2) is 4.79 Å². The van der Waals surface area contributed by atoms with E-state index in [1.54, 1.807) is 0 Å². The Morgan fingerprint density at radius 2 is 0.913 bits per heavy atom. The second-order valence-corrected chi connectivity index (χ2v) is 17.8. The fraction of sp³-hybridized carbons (Fsp3) is 0.684. The molecular formula is C57H92O12. The standard InChI is InChI=1S/C57H92O12/c1-4-7-10-13-16-19-22-24-25-27-29-31-34-37-40-43-49(58)65-46-48(67-50(59)44-41-38-35-33-30-26-23-20-17-14-11-8-5-2)47-66-57-55(53(62)52(61)54(69-57)56(63)64)68-51(60)45-42-39-36-32-28-21-18-15-12-9-6-3/h7-8,10-11,16-17,19-20,24-26,29-31,48,52-55,57,61-62H,4-6,9,12-15,18,21-23,27-28,32-47H2,1-3H3,(H,63,64)/b10-7-,11-8-,19-16-,20-17-,25-24-,30-26-,31-29-. The number of aliphatic hydroxyl groups is 2. The van der Waals surface area contributed by atoms with Gasteiger partial charge in [0.25, 0.3) is 0 Å². The van der Waals surface area contributed by atoms with Crippen molar-refractivity contribution in [3.63, 3.8) is 0 Å². The van der Waals surface area contributed by atoms with Crippen molar-refractivity contribution in [3.8, 4) is 0 Å². The monoisotopic (exact) mass is 969 g/mol.